The molecule has 1 atom stereocenters. The van der Waals surface area contributed by atoms with Gasteiger partial charge in [-0.25, -0.2) is 0 Å². The monoisotopic (exact) mass is 332 g/mol. The van der Waals surface area contributed by atoms with E-state index in [-0.39, 0.29) is 23.8 Å². The average molecular weight is 332 g/mol. The Hall–Kier alpha value is -1.92. The lowest BCUT2D eigenvalue weighted by molar-refractivity contribution is -0.133. The van der Waals surface area contributed by atoms with Crippen molar-refractivity contribution in [1.29, 1.82) is 0 Å². The molecule has 1 N–H and O–H groups in total. The first-order valence-electron chi connectivity index (χ1n) is 8.47. The predicted molar refractivity (Wildman–Crippen MR) is 89.3 cm³/mol. The van der Waals surface area contributed by atoms with Crippen LogP contribution in [0.15, 0.2) is 24.3 Å². The number of Topliss-reactive ketones (excluding diaryl/α,β-unsaturated/α-hetero) is 1. The molecular formula is C18H24N2O4. The van der Waals surface area contributed by atoms with Crippen LogP contribution in [-0.2, 0) is 9.53 Å². The quantitative estimate of drug-likeness (QED) is 0.899. The molecule has 0 bridgehead atoms. The molecule has 0 aromatic heterocycles. The van der Waals surface area contributed by atoms with Gasteiger partial charge in [0.15, 0.2) is 5.78 Å². The minimum Gasteiger partial charge on any atom is -0.497 e. The van der Waals surface area contributed by atoms with E-state index in [0.717, 1.165) is 25.9 Å². The summed E-state index contributed by atoms with van der Waals surface area (Å²) in [5, 5.41) is 3.08. The van der Waals surface area contributed by atoms with E-state index in [2.05, 4.69) is 10.2 Å². The minimum atomic E-state index is -0.103. The first-order chi connectivity index (χ1) is 11.7. The number of likely N-dealkylation sites (tertiary alicyclic amines) is 1. The number of piperidine rings is 1. The number of rotatable bonds is 4. The number of amides is 1. The van der Waals surface area contributed by atoms with Gasteiger partial charge < -0.3 is 14.8 Å². The first kappa shape index (κ1) is 16.9. The lowest BCUT2D eigenvalue weighted by Gasteiger charge is -2.38. The summed E-state index contributed by atoms with van der Waals surface area (Å²) < 4.78 is 10.6. The second-order valence-corrected chi connectivity index (χ2v) is 6.32. The molecule has 6 nitrogen and oxygen atoms in total. The van der Waals surface area contributed by atoms with Gasteiger partial charge in [-0.2, -0.15) is 0 Å². The van der Waals surface area contributed by atoms with Gasteiger partial charge in [0.05, 0.1) is 26.4 Å². The molecule has 2 aliphatic heterocycles. The largest absolute Gasteiger partial charge is 0.497 e. The summed E-state index contributed by atoms with van der Waals surface area (Å²) in [5.74, 6) is 0.873. The molecule has 6 heteroatoms. The zero-order valence-corrected chi connectivity index (χ0v) is 14.0. The molecule has 0 saturated carbocycles. The molecule has 1 aromatic rings. The highest BCUT2D eigenvalue weighted by molar-refractivity contribution is 5.94. The maximum Gasteiger partial charge on any atom is 0.251 e. The zero-order chi connectivity index (χ0) is 16.9. The third-order valence-corrected chi connectivity index (χ3v) is 4.78. The van der Waals surface area contributed by atoms with E-state index in [0.29, 0.717) is 30.9 Å². The molecule has 2 fully saturated rings. The van der Waals surface area contributed by atoms with E-state index < -0.39 is 0 Å². The number of hydrogen-bond donors (Lipinski definition) is 1. The van der Waals surface area contributed by atoms with Crippen molar-refractivity contribution in [1.82, 2.24) is 10.2 Å². The van der Waals surface area contributed by atoms with Crippen LogP contribution in [0.3, 0.4) is 0 Å². The topological polar surface area (TPSA) is 67.9 Å². The number of carbonyl (C=O) groups is 2. The Morgan fingerprint density at radius 2 is 2.12 bits per heavy atom. The minimum absolute atomic E-state index is 0.0792. The van der Waals surface area contributed by atoms with Gasteiger partial charge in [0.25, 0.3) is 5.91 Å². The van der Waals surface area contributed by atoms with Crippen LogP contribution in [0.4, 0.5) is 0 Å². The summed E-state index contributed by atoms with van der Waals surface area (Å²) in [5.41, 5.74) is 0.604. The number of hydrogen-bond acceptors (Lipinski definition) is 5. The third-order valence-electron chi connectivity index (χ3n) is 4.78. The molecule has 0 radical (unpaired) electrons. The van der Waals surface area contributed by atoms with E-state index in [1.807, 2.05) is 12.1 Å². The van der Waals surface area contributed by atoms with Crippen molar-refractivity contribution in [3.8, 4) is 5.75 Å². The van der Waals surface area contributed by atoms with Crippen molar-refractivity contribution in [2.24, 2.45) is 0 Å². The van der Waals surface area contributed by atoms with Crippen LogP contribution in [0.5, 0.6) is 5.75 Å². The van der Waals surface area contributed by atoms with Gasteiger partial charge in [0.1, 0.15) is 5.75 Å². The van der Waals surface area contributed by atoms with Crippen LogP contribution in [0.1, 0.15) is 29.6 Å². The van der Waals surface area contributed by atoms with Gasteiger partial charge in [-0.15, -0.1) is 0 Å². The summed E-state index contributed by atoms with van der Waals surface area (Å²) in [4.78, 5) is 26.5. The second kappa shape index (κ2) is 7.77. The SMILES string of the molecule is COc1cccc(C(=O)NC2CCN(C3COCCC3=O)CC2)c1. The molecule has 130 valence electrons. The normalized spacial score (nSPS) is 23.0. The Morgan fingerprint density at radius 3 is 2.83 bits per heavy atom. The molecule has 0 aliphatic carbocycles. The number of ether oxygens (including phenoxy) is 2. The van der Waals surface area contributed by atoms with Gasteiger partial charge in [0.2, 0.25) is 0 Å². The molecule has 2 heterocycles. The number of nitrogens with zero attached hydrogens (tertiary/aromatic N) is 1. The predicted octanol–water partition coefficient (Wildman–Crippen LogP) is 1.25. The van der Waals surface area contributed by atoms with E-state index in [1.165, 1.54) is 0 Å². The molecule has 0 spiro atoms. The van der Waals surface area contributed by atoms with Gasteiger partial charge in [-0.1, -0.05) is 6.07 Å². The Kier molecular flexibility index (Phi) is 5.48. The summed E-state index contributed by atoms with van der Waals surface area (Å²) in [7, 11) is 1.59. The molecule has 2 aliphatic rings. The van der Waals surface area contributed by atoms with Crippen LogP contribution in [0, 0.1) is 0 Å². The maximum absolute atomic E-state index is 12.4. The number of benzene rings is 1. The number of ketones is 1. The Labute approximate surface area is 142 Å². The highest BCUT2D eigenvalue weighted by Crippen LogP contribution is 2.18. The van der Waals surface area contributed by atoms with Crippen molar-refractivity contribution in [3.05, 3.63) is 29.8 Å². The standard InChI is InChI=1S/C18H24N2O4/c1-23-15-4-2-3-13(11-15)18(22)19-14-5-8-20(9-6-14)16-12-24-10-7-17(16)21/h2-4,11,14,16H,5-10,12H2,1H3,(H,19,22). The van der Waals surface area contributed by atoms with Crippen molar-refractivity contribution in [2.75, 3.05) is 33.4 Å². The lowest BCUT2D eigenvalue weighted by atomic mass is 9.99. The summed E-state index contributed by atoms with van der Waals surface area (Å²) in [6, 6.07) is 7.19. The molecule has 24 heavy (non-hydrogen) atoms. The highest BCUT2D eigenvalue weighted by atomic mass is 16.5. The van der Waals surface area contributed by atoms with Gasteiger partial charge >= 0.3 is 0 Å². The van der Waals surface area contributed by atoms with E-state index in [9.17, 15) is 9.59 Å². The van der Waals surface area contributed by atoms with Crippen LogP contribution in [-0.4, -0.2) is 62.1 Å². The Bertz CT molecular complexity index is 596. The van der Waals surface area contributed by atoms with E-state index in [4.69, 9.17) is 9.47 Å². The lowest BCUT2D eigenvalue weighted by Crippen LogP contribution is -2.53. The van der Waals surface area contributed by atoms with Crippen LogP contribution in [0.2, 0.25) is 0 Å². The fraction of sp³-hybridized carbons (Fsp3) is 0.556. The molecule has 1 unspecified atom stereocenters. The molecular weight excluding hydrogens is 308 g/mol. The van der Waals surface area contributed by atoms with E-state index in [1.54, 1.807) is 19.2 Å². The number of methoxy groups -OCH3 is 1. The summed E-state index contributed by atoms with van der Waals surface area (Å²) in [6.45, 7) is 2.66. The van der Waals surface area contributed by atoms with E-state index >= 15 is 0 Å². The second-order valence-electron chi connectivity index (χ2n) is 6.32. The first-order valence-corrected chi connectivity index (χ1v) is 8.47. The Morgan fingerprint density at radius 1 is 1.33 bits per heavy atom. The fourth-order valence-corrected chi connectivity index (χ4v) is 3.32. The van der Waals surface area contributed by atoms with Crippen molar-refractivity contribution in [3.63, 3.8) is 0 Å². The van der Waals surface area contributed by atoms with Gasteiger partial charge in [-0.05, 0) is 31.0 Å². The highest BCUT2D eigenvalue weighted by Gasteiger charge is 2.32. The zero-order valence-electron chi connectivity index (χ0n) is 14.0. The number of carbonyl (C=O) groups excluding carboxylic acids is 2. The summed E-state index contributed by atoms with van der Waals surface area (Å²) >= 11 is 0. The van der Waals surface area contributed by atoms with Gasteiger partial charge in [-0.3, -0.25) is 14.5 Å². The molecule has 1 amide bonds. The van der Waals surface area contributed by atoms with Crippen molar-refractivity contribution in [2.45, 2.75) is 31.3 Å². The maximum atomic E-state index is 12.4. The fourth-order valence-electron chi connectivity index (χ4n) is 3.32. The molecule has 1 aromatic carbocycles. The Balaban J connectivity index is 1.51. The third kappa shape index (κ3) is 3.94. The number of nitrogens with one attached hydrogen (secondary N) is 1. The van der Waals surface area contributed by atoms with Crippen LogP contribution < -0.4 is 10.1 Å². The molecule has 3 rings (SSSR count). The van der Waals surface area contributed by atoms with Crippen molar-refractivity contribution < 1.29 is 19.1 Å². The van der Waals surface area contributed by atoms with Crippen LogP contribution >= 0.6 is 0 Å². The smallest absolute Gasteiger partial charge is 0.251 e. The molecule has 2 saturated heterocycles. The average Bonchev–Trinajstić information content (AvgIpc) is 2.63. The van der Waals surface area contributed by atoms with Gasteiger partial charge in [0, 0.05) is 31.1 Å². The van der Waals surface area contributed by atoms with Crippen LogP contribution in [0.25, 0.3) is 0 Å². The van der Waals surface area contributed by atoms with Crippen molar-refractivity contribution >= 4 is 11.7 Å². The summed E-state index contributed by atoms with van der Waals surface area (Å²) in [6.07, 6.45) is 2.20.